The van der Waals surface area contributed by atoms with Crippen LogP contribution in [0.15, 0.2) is 0 Å². The first-order valence-corrected chi connectivity index (χ1v) is 4.63. The summed E-state index contributed by atoms with van der Waals surface area (Å²) in [5.74, 6) is -0.411. The third kappa shape index (κ3) is 5.53. The molecule has 0 aliphatic carbocycles. The Bertz CT molecular complexity index is 206. The Balaban J connectivity index is 3.71. The number of aliphatic hydroxyl groups excluding tert-OH is 1. The molecule has 2 N–H and O–H groups in total. The van der Waals surface area contributed by atoms with Gasteiger partial charge in [-0.25, -0.2) is 0 Å². The van der Waals surface area contributed by atoms with Crippen LogP contribution < -0.4 is 5.32 Å². The molecule has 0 saturated carbocycles. The zero-order chi connectivity index (χ0) is 11.1. The first kappa shape index (κ1) is 12.9. The lowest BCUT2D eigenvalue weighted by Gasteiger charge is -2.15. The van der Waals surface area contributed by atoms with Crippen LogP contribution in [0.25, 0.3) is 0 Å². The van der Waals surface area contributed by atoms with Crippen molar-refractivity contribution < 1.29 is 14.7 Å². The predicted octanol–water partition coefficient (Wildman–Crippen LogP) is -0.648. The lowest BCUT2D eigenvalue weighted by Crippen LogP contribution is -2.40. The van der Waals surface area contributed by atoms with Crippen LogP contribution in [0.1, 0.15) is 20.3 Å². The van der Waals surface area contributed by atoms with Crippen molar-refractivity contribution in [2.45, 2.75) is 26.4 Å². The molecule has 0 saturated heterocycles. The van der Waals surface area contributed by atoms with Crippen molar-refractivity contribution in [3.63, 3.8) is 0 Å². The molecule has 0 fully saturated rings. The van der Waals surface area contributed by atoms with Crippen molar-refractivity contribution in [1.82, 2.24) is 10.2 Å². The second-order valence-corrected chi connectivity index (χ2v) is 3.24. The molecule has 0 rings (SSSR count). The fourth-order valence-corrected chi connectivity index (χ4v) is 0.759. The van der Waals surface area contributed by atoms with Gasteiger partial charge in [-0.1, -0.05) is 6.92 Å². The van der Waals surface area contributed by atoms with Gasteiger partial charge in [-0.15, -0.1) is 0 Å². The quantitative estimate of drug-likeness (QED) is 0.622. The largest absolute Gasteiger partial charge is 0.391 e. The molecule has 0 radical (unpaired) electrons. The van der Waals surface area contributed by atoms with Gasteiger partial charge in [0.05, 0.1) is 12.6 Å². The van der Waals surface area contributed by atoms with E-state index in [4.69, 9.17) is 5.11 Å². The van der Waals surface area contributed by atoms with E-state index in [9.17, 15) is 9.59 Å². The van der Waals surface area contributed by atoms with Crippen LogP contribution in [-0.4, -0.2) is 48.1 Å². The highest BCUT2D eigenvalue weighted by atomic mass is 16.3. The van der Waals surface area contributed by atoms with Crippen molar-refractivity contribution in [3.8, 4) is 0 Å². The molecule has 1 atom stereocenters. The summed E-state index contributed by atoms with van der Waals surface area (Å²) in [7, 11) is 1.55. The number of hydrogen-bond acceptors (Lipinski definition) is 3. The third-order valence-corrected chi connectivity index (χ3v) is 1.92. The maximum atomic E-state index is 11.2. The van der Waals surface area contributed by atoms with Crippen LogP contribution >= 0.6 is 0 Å². The van der Waals surface area contributed by atoms with Gasteiger partial charge in [0.1, 0.15) is 0 Å². The van der Waals surface area contributed by atoms with E-state index in [-0.39, 0.29) is 24.9 Å². The number of nitrogens with one attached hydrogen (secondary N) is 1. The van der Waals surface area contributed by atoms with Gasteiger partial charge in [-0.2, -0.15) is 0 Å². The molecule has 0 aromatic carbocycles. The highest BCUT2D eigenvalue weighted by molar-refractivity contribution is 5.83. The van der Waals surface area contributed by atoms with Crippen LogP contribution in [-0.2, 0) is 9.59 Å². The molecule has 0 aliphatic rings. The topological polar surface area (TPSA) is 69.6 Å². The number of rotatable bonds is 5. The smallest absolute Gasteiger partial charge is 0.239 e. The Hall–Kier alpha value is -1.10. The molecule has 82 valence electrons. The zero-order valence-corrected chi connectivity index (χ0v) is 8.91. The summed E-state index contributed by atoms with van der Waals surface area (Å²) < 4.78 is 0. The number of aliphatic hydroxyl groups is 1. The summed E-state index contributed by atoms with van der Waals surface area (Å²) in [6, 6.07) is 0. The van der Waals surface area contributed by atoms with E-state index in [1.54, 1.807) is 7.05 Å². The molecule has 1 unspecified atom stereocenters. The van der Waals surface area contributed by atoms with Crippen molar-refractivity contribution >= 4 is 11.8 Å². The molecule has 2 amide bonds. The van der Waals surface area contributed by atoms with E-state index in [2.05, 4.69) is 5.32 Å². The van der Waals surface area contributed by atoms with Gasteiger partial charge >= 0.3 is 0 Å². The first-order valence-electron chi connectivity index (χ1n) is 4.63. The number of nitrogens with zero attached hydrogens (tertiary/aromatic N) is 1. The molecular formula is C9H18N2O3. The van der Waals surface area contributed by atoms with E-state index in [0.29, 0.717) is 6.42 Å². The fraction of sp³-hybridized carbons (Fsp3) is 0.778. The summed E-state index contributed by atoms with van der Waals surface area (Å²) in [5.41, 5.74) is 0. The van der Waals surface area contributed by atoms with Crippen LogP contribution in [0.3, 0.4) is 0 Å². The van der Waals surface area contributed by atoms with Crippen LogP contribution in [0.5, 0.6) is 0 Å². The number of hydrogen-bond donors (Lipinski definition) is 2. The number of carbonyl (C=O) groups excluding carboxylic acids is 2. The second-order valence-electron chi connectivity index (χ2n) is 3.24. The molecule has 0 aromatic rings. The molecule has 0 aliphatic heterocycles. The van der Waals surface area contributed by atoms with Crippen LogP contribution in [0.4, 0.5) is 0 Å². The number of amides is 2. The summed E-state index contributed by atoms with van der Waals surface area (Å²) >= 11 is 0. The molecule has 14 heavy (non-hydrogen) atoms. The standard InChI is InChI=1S/C9H18N2O3/c1-4-8(13)5-10-9(14)6-11(3)7(2)12/h8,13H,4-6H2,1-3H3,(H,10,14). The maximum Gasteiger partial charge on any atom is 0.239 e. The summed E-state index contributed by atoms with van der Waals surface area (Å²) in [5, 5.41) is 11.7. The molecular weight excluding hydrogens is 184 g/mol. The molecule has 0 spiro atoms. The van der Waals surface area contributed by atoms with Gasteiger partial charge in [-0.3, -0.25) is 9.59 Å². The molecule has 0 heterocycles. The Morgan fingerprint density at radius 2 is 2.07 bits per heavy atom. The lowest BCUT2D eigenvalue weighted by atomic mass is 10.3. The minimum absolute atomic E-state index is 0.0335. The van der Waals surface area contributed by atoms with Crippen LogP contribution in [0, 0.1) is 0 Å². The van der Waals surface area contributed by atoms with Gasteiger partial charge in [0, 0.05) is 20.5 Å². The normalized spacial score (nSPS) is 12.0. The summed E-state index contributed by atoms with van der Waals surface area (Å²) in [4.78, 5) is 23.2. The summed E-state index contributed by atoms with van der Waals surface area (Å²) in [6.07, 6.45) is 0.0876. The van der Waals surface area contributed by atoms with E-state index in [1.807, 2.05) is 6.92 Å². The molecule has 5 nitrogen and oxygen atoms in total. The van der Waals surface area contributed by atoms with E-state index >= 15 is 0 Å². The number of likely N-dealkylation sites (N-methyl/N-ethyl adjacent to an activating group) is 1. The van der Waals surface area contributed by atoms with Crippen molar-refractivity contribution in [1.29, 1.82) is 0 Å². The number of carbonyl (C=O) groups is 2. The SMILES string of the molecule is CCC(O)CNC(=O)CN(C)C(C)=O. The van der Waals surface area contributed by atoms with E-state index < -0.39 is 6.10 Å². The lowest BCUT2D eigenvalue weighted by molar-refractivity contribution is -0.133. The average Bonchev–Trinajstić information content (AvgIpc) is 2.13. The van der Waals surface area contributed by atoms with Gasteiger partial charge < -0.3 is 15.3 Å². The molecule has 0 bridgehead atoms. The van der Waals surface area contributed by atoms with Gasteiger partial charge in [0.15, 0.2) is 0 Å². The molecule has 0 aromatic heterocycles. The van der Waals surface area contributed by atoms with E-state index in [0.717, 1.165) is 0 Å². The molecule has 5 heteroatoms. The minimum atomic E-state index is -0.512. The van der Waals surface area contributed by atoms with Gasteiger partial charge in [-0.05, 0) is 6.42 Å². The second kappa shape index (κ2) is 6.37. The zero-order valence-electron chi connectivity index (χ0n) is 8.91. The highest BCUT2D eigenvalue weighted by Gasteiger charge is 2.09. The fourth-order valence-electron chi connectivity index (χ4n) is 0.759. The Morgan fingerprint density at radius 3 is 2.50 bits per heavy atom. The Labute approximate surface area is 84.1 Å². The van der Waals surface area contributed by atoms with Crippen molar-refractivity contribution in [2.24, 2.45) is 0 Å². The third-order valence-electron chi connectivity index (χ3n) is 1.92. The first-order chi connectivity index (χ1) is 6.47. The van der Waals surface area contributed by atoms with Crippen molar-refractivity contribution in [2.75, 3.05) is 20.1 Å². The van der Waals surface area contributed by atoms with Gasteiger partial charge in [0.25, 0.3) is 0 Å². The van der Waals surface area contributed by atoms with Gasteiger partial charge in [0.2, 0.25) is 11.8 Å². The minimum Gasteiger partial charge on any atom is -0.391 e. The Kier molecular flexibility index (Phi) is 5.87. The highest BCUT2D eigenvalue weighted by Crippen LogP contribution is 1.87. The average molecular weight is 202 g/mol. The maximum absolute atomic E-state index is 11.2. The Morgan fingerprint density at radius 1 is 1.50 bits per heavy atom. The predicted molar refractivity (Wildman–Crippen MR) is 52.6 cm³/mol. The van der Waals surface area contributed by atoms with Crippen LogP contribution in [0.2, 0.25) is 0 Å². The van der Waals surface area contributed by atoms with Crippen molar-refractivity contribution in [3.05, 3.63) is 0 Å². The monoisotopic (exact) mass is 202 g/mol. The van der Waals surface area contributed by atoms with E-state index in [1.165, 1.54) is 11.8 Å². The summed E-state index contributed by atoms with van der Waals surface area (Å²) in [6.45, 7) is 3.50.